The average molecular weight is 342 g/mol. The van der Waals surface area contributed by atoms with Crippen LogP contribution in [0.15, 0.2) is 30.3 Å². The van der Waals surface area contributed by atoms with Gasteiger partial charge in [-0.05, 0) is 5.41 Å². The molecule has 3 rings (SSSR count). The molecule has 1 aliphatic heterocycles. The molecule has 0 aliphatic carbocycles. The lowest BCUT2D eigenvalue weighted by atomic mass is 9.87. The van der Waals surface area contributed by atoms with Gasteiger partial charge in [0.15, 0.2) is 5.69 Å². The molecule has 0 fully saturated rings. The second-order valence-electron chi connectivity index (χ2n) is 7.50. The van der Waals surface area contributed by atoms with Gasteiger partial charge in [0.05, 0.1) is 18.3 Å². The van der Waals surface area contributed by atoms with Crippen molar-refractivity contribution in [3.8, 4) is 11.4 Å². The molecule has 1 aromatic heterocycles. The molecule has 1 atom stereocenters. The first kappa shape index (κ1) is 17.6. The molecule has 6 nitrogen and oxygen atoms in total. The van der Waals surface area contributed by atoms with Gasteiger partial charge in [-0.2, -0.15) is 0 Å². The normalized spacial score (nSPS) is 15.5. The Morgan fingerprint density at radius 1 is 1.36 bits per heavy atom. The van der Waals surface area contributed by atoms with Gasteiger partial charge in [0.2, 0.25) is 0 Å². The van der Waals surface area contributed by atoms with Crippen molar-refractivity contribution in [2.75, 3.05) is 13.2 Å². The molecule has 2 aromatic rings. The summed E-state index contributed by atoms with van der Waals surface area (Å²) in [5, 5.41) is 15.9. The zero-order valence-electron chi connectivity index (χ0n) is 15.0. The molecular weight excluding hydrogens is 316 g/mol. The maximum Gasteiger partial charge on any atom is 0.272 e. The number of aromatic nitrogens is 2. The number of hydrogen-bond donors (Lipinski definition) is 3. The third kappa shape index (κ3) is 3.60. The zero-order chi connectivity index (χ0) is 18.0. The molecule has 1 amide bonds. The smallest absolute Gasteiger partial charge is 0.272 e. The summed E-state index contributed by atoms with van der Waals surface area (Å²) < 4.78 is 2.12. The number of hydrogen-bond acceptors (Lipinski definition) is 4. The molecule has 6 heteroatoms. The van der Waals surface area contributed by atoms with Crippen LogP contribution >= 0.6 is 0 Å². The highest BCUT2D eigenvalue weighted by atomic mass is 16.3. The van der Waals surface area contributed by atoms with Gasteiger partial charge in [-0.3, -0.25) is 4.79 Å². The summed E-state index contributed by atoms with van der Waals surface area (Å²) in [5.41, 5.74) is 2.10. The number of amides is 1. The molecule has 134 valence electrons. The summed E-state index contributed by atoms with van der Waals surface area (Å²) in [6.45, 7) is 8.13. The summed E-state index contributed by atoms with van der Waals surface area (Å²) in [4.78, 5) is 17.5. The lowest BCUT2D eigenvalue weighted by molar-refractivity contribution is 0.0842. The van der Waals surface area contributed by atoms with Gasteiger partial charge in [-0.1, -0.05) is 51.1 Å². The first-order valence-corrected chi connectivity index (χ1v) is 8.69. The van der Waals surface area contributed by atoms with Gasteiger partial charge in [-0.25, -0.2) is 4.98 Å². The van der Waals surface area contributed by atoms with Gasteiger partial charge >= 0.3 is 0 Å². The highest BCUT2D eigenvalue weighted by molar-refractivity contribution is 5.94. The number of nitrogens with zero attached hydrogens (tertiary/aromatic N) is 2. The third-order valence-electron chi connectivity index (χ3n) is 4.66. The van der Waals surface area contributed by atoms with Crippen molar-refractivity contribution in [2.24, 2.45) is 5.41 Å². The zero-order valence-corrected chi connectivity index (χ0v) is 15.0. The lowest BCUT2D eigenvalue weighted by Gasteiger charge is -2.29. The highest BCUT2D eigenvalue weighted by Crippen LogP contribution is 2.25. The fourth-order valence-corrected chi connectivity index (χ4v) is 3.06. The second kappa shape index (κ2) is 6.98. The van der Waals surface area contributed by atoms with E-state index in [1.165, 1.54) is 0 Å². The average Bonchev–Trinajstić information content (AvgIpc) is 2.99. The van der Waals surface area contributed by atoms with Crippen molar-refractivity contribution >= 4 is 5.91 Å². The molecule has 0 spiro atoms. The van der Waals surface area contributed by atoms with Crippen LogP contribution in [0.25, 0.3) is 11.4 Å². The fraction of sp³-hybridized carbons (Fsp3) is 0.474. The minimum Gasteiger partial charge on any atom is -0.394 e. The topological polar surface area (TPSA) is 79.2 Å². The Bertz CT molecular complexity index is 747. The Balaban J connectivity index is 1.97. The first-order valence-electron chi connectivity index (χ1n) is 8.69. The largest absolute Gasteiger partial charge is 0.394 e. The van der Waals surface area contributed by atoms with E-state index in [4.69, 9.17) is 0 Å². The van der Waals surface area contributed by atoms with Crippen LogP contribution in [0.5, 0.6) is 0 Å². The standard InChI is InChI=1S/C19H26N4O2/c1-19(2,3)15(12-24)21-18(25)16-14-11-20-9-10-23(14)17(22-16)13-7-5-4-6-8-13/h4-8,15,20,24H,9-12H2,1-3H3,(H,21,25)/t15-/m1/s1. The van der Waals surface area contributed by atoms with Crippen LogP contribution < -0.4 is 10.6 Å². The molecule has 3 N–H and O–H groups in total. The summed E-state index contributed by atoms with van der Waals surface area (Å²) in [7, 11) is 0. The quantitative estimate of drug-likeness (QED) is 0.791. The first-order chi connectivity index (χ1) is 11.9. The highest BCUT2D eigenvalue weighted by Gasteiger charge is 2.30. The molecule has 2 heterocycles. The van der Waals surface area contributed by atoms with E-state index in [-0.39, 0.29) is 24.0 Å². The number of aliphatic hydroxyl groups is 1. The summed E-state index contributed by atoms with van der Waals surface area (Å²) >= 11 is 0. The van der Waals surface area contributed by atoms with Crippen molar-refractivity contribution in [3.05, 3.63) is 41.7 Å². The Morgan fingerprint density at radius 2 is 2.08 bits per heavy atom. The van der Waals surface area contributed by atoms with E-state index < -0.39 is 0 Å². The number of carbonyl (C=O) groups is 1. The van der Waals surface area contributed by atoms with Gasteiger partial charge in [0.1, 0.15) is 5.82 Å². The maximum absolute atomic E-state index is 12.9. The van der Waals surface area contributed by atoms with Gasteiger partial charge < -0.3 is 20.3 Å². The van der Waals surface area contributed by atoms with Crippen molar-refractivity contribution < 1.29 is 9.90 Å². The van der Waals surface area contributed by atoms with Gasteiger partial charge in [-0.15, -0.1) is 0 Å². The SMILES string of the molecule is CC(C)(C)[C@@H](CO)NC(=O)c1nc(-c2ccccc2)n2c1CNCC2. The second-order valence-corrected chi connectivity index (χ2v) is 7.50. The van der Waals surface area contributed by atoms with Crippen LogP contribution in [0.4, 0.5) is 0 Å². The van der Waals surface area contributed by atoms with Crippen LogP contribution in [0.3, 0.4) is 0 Å². The van der Waals surface area contributed by atoms with Gasteiger partial charge in [0, 0.05) is 25.2 Å². The van der Waals surface area contributed by atoms with Crippen LogP contribution in [0.2, 0.25) is 0 Å². The molecule has 25 heavy (non-hydrogen) atoms. The van der Waals surface area contributed by atoms with E-state index in [2.05, 4.69) is 20.2 Å². The molecule has 0 saturated heterocycles. The summed E-state index contributed by atoms with van der Waals surface area (Å²) in [6, 6.07) is 9.59. The third-order valence-corrected chi connectivity index (χ3v) is 4.66. The van der Waals surface area contributed by atoms with E-state index in [1.54, 1.807) is 0 Å². The van der Waals surface area contributed by atoms with Crippen molar-refractivity contribution in [2.45, 2.75) is 39.9 Å². The fourth-order valence-electron chi connectivity index (χ4n) is 3.06. The number of carbonyl (C=O) groups excluding carboxylic acids is 1. The monoisotopic (exact) mass is 342 g/mol. The van der Waals surface area contributed by atoms with E-state index in [1.807, 2.05) is 51.1 Å². The van der Waals surface area contributed by atoms with Crippen LogP contribution in [-0.4, -0.2) is 39.8 Å². The predicted molar refractivity (Wildman–Crippen MR) is 97.2 cm³/mol. The molecule has 0 bridgehead atoms. The number of imidazole rings is 1. The Morgan fingerprint density at radius 3 is 2.72 bits per heavy atom. The van der Waals surface area contributed by atoms with Crippen LogP contribution in [-0.2, 0) is 13.1 Å². The van der Waals surface area contributed by atoms with E-state index in [0.29, 0.717) is 12.2 Å². The van der Waals surface area contributed by atoms with Crippen molar-refractivity contribution in [3.63, 3.8) is 0 Å². The van der Waals surface area contributed by atoms with Crippen molar-refractivity contribution in [1.82, 2.24) is 20.2 Å². The molecule has 0 unspecified atom stereocenters. The van der Waals surface area contributed by atoms with Crippen molar-refractivity contribution in [1.29, 1.82) is 0 Å². The number of fused-ring (bicyclic) bond motifs is 1. The lowest BCUT2D eigenvalue weighted by Crippen LogP contribution is -2.46. The van der Waals surface area contributed by atoms with Crippen LogP contribution in [0.1, 0.15) is 37.0 Å². The Kier molecular flexibility index (Phi) is 4.92. The predicted octanol–water partition coefficient (Wildman–Crippen LogP) is 1.79. The summed E-state index contributed by atoms with van der Waals surface area (Å²) in [5.74, 6) is 0.585. The molecule has 1 aliphatic rings. The number of benzene rings is 1. The van der Waals surface area contributed by atoms with Gasteiger partial charge in [0.25, 0.3) is 5.91 Å². The molecule has 0 saturated carbocycles. The van der Waals surface area contributed by atoms with E-state index >= 15 is 0 Å². The number of rotatable bonds is 4. The summed E-state index contributed by atoms with van der Waals surface area (Å²) in [6.07, 6.45) is 0. The Labute approximate surface area is 148 Å². The Hall–Kier alpha value is -2.18. The molecular formula is C19H26N4O2. The minimum absolute atomic E-state index is 0.102. The van der Waals surface area contributed by atoms with Crippen LogP contribution in [0, 0.1) is 5.41 Å². The minimum atomic E-state index is -0.325. The van der Waals surface area contributed by atoms with E-state index in [9.17, 15) is 9.90 Å². The number of nitrogens with one attached hydrogen (secondary N) is 2. The maximum atomic E-state index is 12.9. The molecule has 0 radical (unpaired) electrons. The van der Waals surface area contributed by atoms with E-state index in [0.717, 1.165) is 30.2 Å². The molecule has 1 aromatic carbocycles. The number of aliphatic hydroxyl groups excluding tert-OH is 1.